The van der Waals surface area contributed by atoms with Crippen LogP contribution in [-0.2, 0) is 17.2 Å². The topological polar surface area (TPSA) is 27.1 Å². The number of ether oxygens (including phenoxy) is 1. The second-order valence-corrected chi connectivity index (χ2v) is 5.87. The summed E-state index contributed by atoms with van der Waals surface area (Å²) in [5.41, 5.74) is 4.12. The molecule has 0 radical (unpaired) electrons. The van der Waals surface area contributed by atoms with Crippen LogP contribution in [0.4, 0.5) is 0 Å². The second-order valence-electron chi connectivity index (χ2n) is 4.69. The molecule has 1 aromatic heterocycles. The molecule has 0 aliphatic heterocycles. The summed E-state index contributed by atoms with van der Waals surface area (Å²) in [5.74, 6) is 1.18. The maximum absolute atomic E-state index is 6.10. The van der Waals surface area contributed by atoms with E-state index in [1.807, 2.05) is 30.3 Å². The van der Waals surface area contributed by atoms with E-state index >= 15 is 0 Å². The van der Waals surface area contributed by atoms with E-state index in [1.165, 1.54) is 0 Å². The molecule has 0 unspecified atom stereocenters. The van der Waals surface area contributed by atoms with Crippen LogP contribution in [0, 0.1) is 0 Å². The zero-order valence-corrected chi connectivity index (χ0v) is 13.9. The lowest BCUT2D eigenvalue weighted by Gasteiger charge is -2.13. The van der Waals surface area contributed by atoms with E-state index in [1.54, 1.807) is 7.11 Å². The Kier molecular flexibility index (Phi) is 4.29. The highest BCUT2D eigenvalue weighted by Crippen LogP contribution is 2.27. The molecule has 0 atom stereocenters. The number of rotatable bonds is 4. The van der Waals surface area contributed by atoms with Gasteiger partial charge in [-0.05, 0) is 24.3 Å². The second kappa shape index (κ2) is 6.18. The van der Waals surface area contributed by atoms with Gasteiger partial charge in [-0.3, -0.25) is 4.57 Å². The highest BCUT2D eigenvalue weighted by molar-refractivity contribution is 9.10. The standard InChI is InChI=1S/C16H14BrClN2O/c1-21-10-11-4-2-3-5-14(11)20-15-7-6-12(17)8-13(15)19-16(20)9-18/h2-8H,9-10H2,1H3. The number of aromatic nitrogens is 2. The SMILES string of the molecule is COCc1ccccc1-n1c(CCl)nc2cc(Br)ccc21. The summed E-state index contributed by atoms with van der Waals surface area (Å²) in [4.78, 5) is 4.63. The van der Waals surface area contributed by atoms with Crippen molar-refractivity contribution >= 4 is 38.6 Å². The number of imidazole rings is 1. The van der Waals surface area contributed by atoms with E-state index in [0.717, 1.165) is 32.6 Å². The fourth-order valence-electron chi connectivity index (χ4n) is 2.47. The molecule has 1 heterocycles. The van der Waals surface area contributed by atoms with Crippen LogP contribution in [0.2, 0.25) is 0 Å². The third-order valence-electron chi connectivity index (χ3n) is 3.34. The van der Waals surface area contributed by atoms with Gasteiger partial charge in [0.05, 0.1) is 29.2 Å². The minimum Gasteiger partial charge on any atom is -0.380 e. The zero-order valence-electron chi connectivity index (χ0n) is 11.5. The summed E-state index contributed by atoms with van der Waals surface area (Å²) in [7, 11) is 1.70. The Morgan fingerprint density at radius 2 is 2.05 bits per heavy atom. The van der Waals surface area contributed by atoms with Crippen LogP contribution in [-0.4, -0.2) is 16.7 Å². The van der Waals surface area contributed by atoms with Crippen molar-refractivity contribution in [2.75, 3.05) is 7.11 Å². The molecule has 21 heavy (non-hydrogen) atoms. The maximum Gasteiger partial charge on any atom is 0.129 e. The summed E-state index contributed by atoms with van der Waals surface area (Å²) in [6.07, 6.45) is 0. The number of hydrogen-bond donors (Lipinski definition) is 0. The number of fused-ring (bicyclic) bond motifs is 1. The lowest BCUT2D eigenvalue weighted by Crippen LogP contribution is -2.04. The molecule has 108 valence electrons. The molecule has 0 fully saturated rings. The van der Waals surface area contributed by atoms with Crippen molar-refractivity contribution in [3.05, 3.63) is 58.3 Å². The van der Waals surface area contributed by atoms with Gasteiger partial charge in [-0.25, -0.2) is 4.98 Å². The van der Waals surface area contributed by atoms with Crippen LogP contribution >= 0.6 is 27.5 Å². The lowest BCUT2D eigenvalue weighted by molar-refractivity contribution is 0.185. The third-order valence-corrected chi connectivity index (χ3v) is 4.07. The van der Waals surface area contributed by atoms with E-state index in [4.69, 9.17) is 16.3 Å². The van der Waals surface area contributed by atoms with Crippen molar-refractivity contribution in [2.45, 2.75) is 12.5 Å². The van der Waals surface area contributed by atoms with Gasteiger partial charge in [0, 0.05) is 17.1 Å². The predicted octanol–water partition coefficient (Wildman–Crippen LogP) is 4.67. The first kappa shape index (κ1) is 14.6. The molecular weight excluding hydrogens is 352 g/mol. The van der Waals surface area contributed by atoms with E-state index in [0.29, 0.717) is 12.5 Å². The molecule has 2 aromatic carbocycles. The smallest absolute Gasteiger partial charge is 0.129 e. The molecule has 5 heteroatoms. The number of para-hydroxylation sites is 1. The fourth-order valence-corrected chi connectivity index (χ4v) is 3.00. The quantitative estimate of drug-likeness (QED) is 0.628. The van der Waals surface area contributed by atoms with Crippen molar-refractivity contribution in [2.24, 2.45) is 0 Å². The Balaban J connectivity index is 2.29. The molecule has 0 aliphatic rings. The largest absolute Gasteiger partial charge is 0.380 e. The number of hydrogen-bond acceptors (Lipinski definition) is 2. The first-order valence-electron chi connectivity index (χ1n) is 6.54. The molecule has 3 aromatic rings. The Labute approximate surface area is 136 Å². The number of methoxy groups -OCH3 is 1. The molecule has 0 saturated heterocycles. The summed E-state index contributed by atoms with van der Waals surface area (Å²) in [5, 5.41) is 0. The van der Waals surface area contributed by atoms with Gasteiger partial charge in [0.2, 0.25) is 0 Å². The molecule has 3 nitrogen and oxygen atoms in total. The van der Waals surface area contributed by atoms with Gasteiger partial charge in [0.25, 0.3) is 0 Å². The lowest BCUT2D eigenvalue weighted by atomic mass is 10.1. The van der Waals surface area contributed by atoms with Crippen LogP contribution < -0.4 is 0 Å². The maximum atomic E-state index is 6.10. The molecular formula is C16H14BrClN2O. The van der Waals surface area contributed by atoms with Gasteiger partial charge in [-0.2, -0.15) is 0 Å². The fraction of sp³-hybridized carbons (Fsp3) is 0.188. The van der Waals surface area contributed by atoms with Crippen LogP contribution in [0.3, 0.4) is 0 Å². The minimum absolute atomic E-state index is 0.355. The van der Waals surface area contributed by atoms with E-state index < -0.39 is 0 Å². The first-order valence-corrected chi connectivity index (χ1v) is 7.87. The monoisotopic (exact) mass is 364 g/mol. The summed E-state index contributed by atoms with van der Waals surface area (Å²) in [6, 6.07) is 14.2. The summed E-state index contributed by atoms with van der Waals surface area (Å²) < 4.78 is 8.40. The number of nitrogens with zero attached hydrogens (tertiary/aromatic N) is 2. The van der Waals surface area contributed by atoms with Gasteiger partial charge in [0.15, 0.2) is 0 Å². The molecule has 0 bridgehead atoms. The van der Waals surface area contributed by atoms with Gasteiger partial charge in [0.1, 0.15) is 5.82 Å². The van der Waals surface area contributed by atoms with Gasteiger partial charge in [-0.15, -0.1) is 11.6 Å². The van der Waals surface area contributed by atoms with Crippen LogP contribution in [0.15, 0.2) is 46.9 Å². The number of alkyl halides is 1. The molecule has 3 rings (SSSR count). The Morgan fingerprint density at radius 1 is 1.24 bits per heavy atom. The summed E-state index contributed by atoms with van der Waals surface area (Å²) in [6.45, 7) is 0.550. The Hall–Kier alpha value is -1.36. The van der Waals surface area contributed by atoms with Crippen molar-refractivity contribution in [3.63, 3.8) is 0 Å². The average molecular weight is 366 g/mol. The Morgan fingerprint density at radius 3 is 2.81 bits per heavy atom. The van der Waals surface area contributed by atoms with Crippen LogP contribution in [0.1, 0.15) is 11.4 Å². The molecule has 0 saturated carbocycles. The van der Waals surface area contributed by atoms with Crippen molar-refractivity contribution in [3.8, 4) is 5.69 Å². The van der Waals surface area contributed by atoms with Gasteiger partial charge in [-0.1, -0.05) is 34.1 Å². The van der Waals surface area contributed by atoms with E-state index in [9.17, 15) is 0 Å². The van der Waals surface area contributed by atoms with Crippen molar-refractivity contribution in [1.29, 1.82) is 0 Å². The first-order chi connectivity index (χ1) is 10.2. The highest BCUT2D eigenvalue weighted by Gasteiger charge is 2.14. The summed E-state index contributed by atoms with van der Waals surface area (Å²) >= 11 is 9.58. The van der Waals surface area contributed by atoms with Gasteiger partial charge < -0.3 is 4.74 Å². The Bertz CT molecular complexity index is 785. The average Bonchev–Trinajstić information content (AvgIpc) is 2.85. The normalized spacial score (nSPS) is 11.2. The van der Waals surface area contributed by atoms with Crippen molar-refractivity contribution < 1.29 is 4.74 Å². The third kappa shape index (κ3) is 2.71. The highest BCUT2D eigenvalue weighted by atomic mass is 79.9. The molecule has 0 aliphatic carbocycles. The minimum atomic E-state index is 0.355. The van der Waals surface area contributed by atoms with Crippen LogP contribution in [0.5, 0.6) is 0 Å². The van der Waals surface area contributed by atoms with E-state index in [-0.39, 0.29) is 0 Å². The molecule has 0 N–H and O–H groups in total. The molecule has 0 spiro atoms. The number of halogens is 2. The van der Waals surface area contributed by atoms with Gasteiger partial charge >= 0.3 is 0 Å². The van der Waals surface area contributed by atoms with Crippen LogP contribution in [0.25, 0.3) is 16.7 Å². The van der Waals surface area contributed by atoms with E-state index in [2.05, 4.69) is 37.6 Å². The predicted molar refractivity (Wildman–Crippen MR) is 89.0 cm³/mol. The number of benzene rings is 2. The zero-order chi connectivity index (χ0) is 14.8. The van der Waals surface area contributed by atoms with Crippen molar-refractivity contribution in [1.82, 2.24) is 9.55 Å². The molecule has 0 amide bonds.